The summed E-state index contributed by atoms with van der Waals surface area (Å²) in [6.45, 7) is 2.60. The summed E-state index contributed by atoms with van der Waals surface area (Å²) in [6, 6.07) is 0. The van der Waals surface area contributed by atoms with Gasteiger partial charge in [-0.1, -0.05) is 0 Å². The van der Waals surface area contributed by atoms with Gasteiger partial charge in [-0.2, -0.15) is 0 Å². The third-order valence-electron chi connectivity index (χ3n) is 1.40. The van der Waals surface area contributed by atoms with Gasteiger partial charge in [0.2, 0.25) is 11.8 Å². The molecule has 0 fully saturated rings. The summed E-state index contributed by atoms with van der Waals surface area (Å²) in [5.41, 5.74) is 0. The summed E-state index contributed by atoms with van der Waals surface area (Å²) in [6.07, 6.45) is -0.541. The van der Waals surface area contributed by atoms with Crippen molar-refractivity contribution in [3.05, 3.63) is 0 Å². The Kier molecular flexibility index (Phi) is 5.28. The zero-order chi connectivity index (χ0) is 11.1. The first-order chi connectivity index (χ1) is 6.41. The van der Waals surface area contributed by atoms with Gasteiger partial charge < -0.3 is 15.7 Å². The number of hydrogen-bond acceptors (Lipinski definition) is 3. The highest BCUT2D eigenvalue weighted by atomic mass is 16.4. The first-order valence-corrected chi connectivity index (χ1v) is 4.18. The van der Waals surface area contributed by atoms with Crippen LogP contribution in [-0.4, -0.2) is 29.1 Å². The van der Waals surface area contributed by atoms with Crippen LogP contribution in [0.3, 0.4) is 0 Å². The van der Waals surface area contributed by atoms with E-state index in [0.29, 0.717) is 0 Å². The molecule has 14 heavy (non-hydrogen) atoms. The third-order valence-corrected chi connectivity index (χ3v) is 1.40. The van der Waals surface area contributed by atoms with Gasteiger partial charge in [0.05, 0.1) is 0 Å². The second-order valence-corrected chi connectivity index (χ2v) is 2.89. The fraction of sp³-hybridized carbons (Fsp3) is 0.625. The summed E-state index contributed by atoms with van der Waals surface area (Å²) in [5, 5.41) is 13.3. The van der Waals surface area contributed by atoms with E-state index >= 15 is 0 Å². The van der Waals surface area contributed by atoms with Gasteiger partial charge >= 0.3 is 5.97 Å². The second-order valence-electron chi connectivity index (χ2n) is 2.89. The normalized spacial score (nSPS) is 9.64. The molecule has 0 rings (SSSR count). The molecule has 0 aromatic heterocycles. The van der Waals surface area contributed by atoms with Crippen LogP contribution in [0, 0.1) is 0 Å². The Balaban J connectivity index is 4.03. The maximum atomic E-state index is 10.7. The van der Waals surface area contributed by atoms with Crippen LogP contribution in [0.1, 0.15) is 26.7 Å². The Morgan fingerprint density at radius 2 is 1.57 bits per heavy atom. The lowest BCUT2D eigenvalue weighted by atomic mass is 10.2. The molecule has 0 aliphatic carbocycles. The van der Waals surface area contributed by atoms with Crippen LogP contribution < -0.4 is 10.6 Å². The van der Waals surface area contributed by atoms with Crippen molar-refractivity contribution in [2.75, 3.05) is 0 Å². The number of carboxylic acid groups (broad SMARTS) is 1. The van der Waals surface area contributed by atoms with E-state index in [1.165, 1.54) is 13.8 Å². The van der Waals surface area contributed by atoms with E-state index in [1.54, 1.807) is 0 Å². The summed E-state index contributed by atoms with van der Waals surface area (Å²) >= 11 is 0. The molecule has 0 aromatic rings. The van der Waals surface area contributed by atoms with Gasteiger partial charge in [0.25, 0.3) is 0 Å². The predicted molar refractivity (Wildman–Crippen MR) is 48.3 cm³/mol. The van der Waals surface area contributed by atoms with Crippen molar-refractivity contribution in [2.24, 2.45) is 0 Å². The Bertz CT molecular complexity index is 223. The molecular weight excluding hydrogens is 188 g/mol. The minimum absolute atomic E-state index is 0.106. The van der Waals surface area contributed by atoms with E-state index in [9.17, 15) is 14.4 Å². The van der Waals surface area contributed by atoms with Gasteiger partial charge in [0, 0.05) is 20.3 Å². The van der Waals surface area contributed by atoms with Gasteiger partial charge in [-0.15, -0.1) is 0 Å². The molecular formula is C8H14N2O4. The van der Waals surface area contributed by atoms with Crippen LogP contribution in [-0.2, 0) is 14.4 Å². The molecule has 0 aromatic carbocycles. The minimum atomic E-state index is -0.967. The van der Waals surface area contributed by atoms with Gasteiger partial charge in [-0.05, 0) is 6.42 Å². The van der Waals surface area contributed by atoms with Crippen LogP contribution in [0.15, 0.2) is 0 Å². The van der Waals surface area contributed by atoms with E-state index in [0.717, 1.165) is 0 Å². The van der Waals surface area contributed by atoms with E-state index in [2.05, 4.69) is 10.6 Å². The van der Waals surface area contributed by atoms with Crippen molar-refractivity contribution in [3.63, 3.8) is 0 Å². The molecule has 2 amide bonds. The van der Waals surface area contributed by atoms with Crippen molar-refractivity contribution in [2.45, 2.75) is 32.9 Å². The average molecular weight is 202 g/mol. The summed E-state index contributed by atoms with van der Waals surface area (Å²) < 4.78 is 0. The Labute approximate surface area is 81.7 Å². The molecule has 6 nitrogen and oxygen atoms in total. The zero-order valence-electron chi connectivity index (χ0n) is 8.16. The van der Waals surface area contributed by atoms with Crippen LogP contribution in [0.25, 0.3) is 0 Å². The Morgan fingerprint density at radius 1 is 1.14 bits per heavy atom. The van der Waals surface area contributed by atoms with Crippen LogP contribution in [0.5, 0.6) is 0 Å². The lowest BCUT2D eigenvalue weighted by Gasteiger charge is -2.17. The fourth-order valence-electron chi connectivity index (χ4n) is 0.939. The summed E-state index contributed by atoms with van der Waals surface area (Å²) in [5.74, 6) is -1.59. The van der Waals surface area contributed by atoms with Crippen molar-refractivity contribution >= 4 is 17.8 Å². The highest BCUT2D eigenvalue weighted by Gasteiger charge is 2.12. The molecule has 80 valence electrons. The molecule has 3 N–H and O–H groups in total. The third kappa shape index (κ3) is 7.08. The quantitative estimate of drug-likeness (QED) is 0.521. The summed E-state index contributed by atoms with van der Waals surface area (Å²) in [4.78, 5) is 31.6. The van der Waals surface area contributed by atoms with Crippen molar-refractivity contribution < 1.29 is 19.5 Å². The van der Waals surface area contributed by atoms with Gasteiger partial charge in [-0.3, -0.25) is 14.4 Å². The number of nitrogens with one attached hydrogen (secondary N) is 2. The average Bonchev–Trinajstić information content (AvgIpc) is 1.97. The smallest absolute Gasteiger partial charge is 0.303 e. The molecule has 0 aliphatic rings. The van der Waals surface area contributed by atoms with Crippen molar-refractivity contribution in [1.82, 2.24) is 10.6 Å². The van der Waals surface area contributed by atoms with E-state index in [1.807, 2.05) is 0 Å². The maximum Gasteiger partial charge on any atom is 0.303 e. The van der Waals surface area contributed by atoms with Crippen molar-refractivity contribution in [3.8, 4) is 0 Å². The Hall–Kier alpha value is -1.59. The topological polar surface area (TPSA) is 95.5 Å². The summed E-state index contributed by atoms with van der Waals surface area (Å²) in [7, 11) is 0. The van der Waals surface area contributed by atoms with E-state index < -0.39 is 12.1 Å². The number of carboxylic acids is 1. The maximum absolute atomic E-state index is 10.7. The van der Waals surface area contributed by atoms with Crippen molar-refractivity contribution in [1.29, 1.82) is 0 Å². The second kappa shape index (κ2) is 5.95. The molecule has 0 saturated heterocycles. The standard InChI is InChI=1S/C8H14N2O4/c1-5(11)9-7(10-6(2)12)3-4-8(13)14/h7H,3-4H2,1-2H3,(H,9,11)(H,10,12)(H,13,14). The molecule has 6 heteroatoms. The molecule has 0 bridgehead atoms. The molecule has 0 radical (unpaired) electrons. The number of carbonyl (C=O) groups excluding carboxylic acids is 2. The van der Waals surface area contributed by atoms with Gasteiger partial charge in [0.15, 0.2) is 0 Å². The molecule has 0 saturated carbocycles. The molecule has 0 aliphatic heterocycles. The highest BCUT2D eigenvalue weighted by molar-refractivity contribution is 5.76. The van der Waals surface area contributed by atoms with Gasteiger partial charge in [-0.25, -0.2) is 0 Å². The SMILES string of the molecule is CC(=O)NC(CCC(=O)O)NC(C)=O. The molecule has 0 atom stereocenters. The van der Waals surface area contributed by atoms with Gasteiger partial charge in [0.1, 0.15) is 6.17 Å². The fourth-order valence-corrected chi connectivity index (χ4v) is 0.939. The highest BCUT2D eigenvalue weighted by Crippen LogP contribution is 1.94. The number of aliphatic carboxylic acids is 1. The number of amides is 2. The Morgan fingerprint density at radius 3 is 1.86 bits per heavy atom. The first-order valence-electron chi connectivity index (χ1n) is 4.18. The number of rotatable bonds is 5. The number of carbonyl (C=O) groups is 3. The monoisotopic (exact) mass is 202 g/mol. The first kappa shape index (κ1) is 12.4. The van der Waals surface area contributed by atoms with E-state index in [4.69, 9.17) is 5.11 Å². The molecule has 0 heterocycles. The van der Waals surface area contributed by atoms with Crippen LogP contribution >= 0.6 is 0 Å². The van der Waals surface area contributed by atoms with Crippen LogP contribution in [0.4, 0.5) is 0 Å². The zero-order valence-corrected chi connectivity index (χ0v) is 8.16. The molecule has 0 unspecified atom stereocenters. The lowest BCUT2D eigenvalue weighted by Crippen LogP contribution is -2.46. The molecule has 0 spiro atoms. The largest absolute Gasteiger partial charge is 0.481 e. The van der Waals surface area contributed by atoms with Crippen LogP contribution in [0.2, 0.25) is 0 Å². The number of hydrogen-bond donors (Lipinski definition) is 3. The lowest BCUT2D eigenvalue weighted by molar-refractivity contribution is -0.138. The van der Waals surface area contributed by atoms with E-state index in [-0.39, 0.29) is 24.7 Å². The predicted octanol–water partition coefficient (Wildman–Crippen LogP) is -0.550. The minimum Gasteiger partial charge on any atom is -0.481 e.